The van der Waals surface area contributed by atoms with Crippen molar-refractivity contribution >= 4 is 0 Å². The first-order chi connectivity index (χ1) is 15.1. The van der Waals surface area contributed by atoms with Crippen LogP contribution in [0.25, 0.3) is 0 Å². The van der Waals surface area contributed by atoms with Crippen LogP contribution in [0.4, 0.5) is 0 Å². The predicted molar refractivity (Wildman–Crippen MR) is 117 cm³/mol. The lowest BCUT2D eigenvalue weighted by Gasteiger charge is -2.50. The van der Waals surface area contributed by atoms with Crippen molar-refractivity contribution in [1.29, 1.82) is 0 Å². The summed E-state index contributed by atoms with van der Waals surface area (Å²) < 4.78 is 5.38. The average molecular weight is 419 g/mol. The standard InChI is InChI=1S/C24H30N6O/c1-16-20(17(2)31-28-16)11-30-14-24(15-30)13-29(10-18-6-4-3-5-7-18)12-21(24)23-25-22(26-27-23)19-8-9-19/h3-7,19,21H,8-15H2,1-2H3,(H,25,26,27). The van der Waals surface area contributed by atoms with Crippen LogP contribution in [0.3, 0.4) is 0 Å². The van der Waals surface area contributed by atoms with Gasteiger partial charge in [-0.15, -0.1) is 0 Å². The number of aryl methyl sites for hydroxylation is 2. The number of benzene rings is 1. The topological polar surface area (TPSA) is 74.1 Å². The molecule has 4 heterocycles. The minimum absolute atomic E-state index is 0.230. The Kier molecular flexibility index (Phi) is 4.51. The summed E-state index contributed by atoms with van der Waals surface area (Å²) in [6.07, 6.45) is 2.47. The van der Waals surface area contributed by atoms with Gasteiger partial charge in [-0.3, -0.25) is 14.9 Å². The molecule has 1 saturated carbocycles. The van der Waals surface area contributed by atoms with E-state index in [0.29, 0.717) is 11.8 Å². The summed E-state index contributed by atoms with van der Waals surface area (Å²) in [5.74, 6) is 4.04. The zero-order valence-electron chi connectivity index (χ0n) is 18.3. The number of H-pyrrole nitrogens is 1. The first kappa shape index (κ1) is 19.2. The van der Waals surface area contributed by atoms with Gasteiger partial charge in [0.05, 0.1) is 5.69 Å². The van der Waals surface area contributed by atoms with E-state index in [-0.39, 0.29) is 5.41 Å². The Morgan fingerprint density at radius 3 is 2.55 bits per heavy atom. The first-order valence-corrected chi connectivity index (χ1v) is 11.4. The number of rotatable bonds is 6. The molecule has 1 spiro atoms. The molecule has 1 aliphatic carbocycles. The Hall–Kier alpha value is -2.51. The van der Waals surface area contributed by atoms with E-state index in [4.69, 9.17) is 9.51 Å². The van der Waals surface area contributed by atoms with Gasteiger partial charge in [-0.25, -0.2) is 4.98 Å². The summed E-state index contributed by atoms with van der Waals surface area (Å²) >= 11 is 0. The summed E-state index contributed by atoms with van der Waals surface area (Å²) in [4.78, 5) is 10.1. The van der Waals surface area contributed by atoms with Gasteiger partial charge in [-0.1, -0.05) is 35.5 Å². The smallest absolute Gasteiger partial charge is 0.153 e. The Balaban J connectivity index is 1.22. The van der Waals surface area contributed by atoms with Gasteiger partial charge in [0.1, 0.15) is 11.6 Å². The second kappa shape index (κ2) is 7.28. The fourth-order valence-electron chi connectivity index (χ4n) is 5.61. The van der Waals surface area contributed by atoms with Crippen molar-refractivity contribution in [1.82, 2.24) is 30.1 Å². The molecule has 0 bridgehead atoms. The van der Waals surface area contributed by atoms with Gasteiger partial charge < -0.3 is 4.52 Å². The molecule has 1 unspecified atom stereocenters. The van der Waals surface area contributed by atoms with Gasteiger partial charge in [-0.2, -0.15) is 5.10 Å². The van der Waals surface area contributed by atoms with Crippen molar-refractivity contribution in [3.63, 3.8) is 0 Å². The highest BCUT2D eigenvalue weighted by Gasteiger charge is 2.55. The van der Waals surface area contributed by atoms with E-state index < -0.39 is 0 Å². The van der Waals surface area contributed by atoms with Crippen molar-refractivity contribution in [2.45, 2.75) is 51.6 Å². The number of nitrogens with one attached hydrogen (secondary N) is 1. The number of likely N-dealkylation sites (tertiary alicyclic amines) is 2. The predicted octanol–water partition coefficient (Wildman–Crippen LogP) is 3.39. The molecule has 3 aliphatic rings. The summed E-state index contributed by atoms with van der Waals surface area (Å²) in [6.45, 7) is 10.2. The third-order valence-corrected chi connectivity index (χ3v) is 7.40. The minimum atomic E-state index is 0.230. The molecular weight excluding hydrogens is 388 g/mol. The van der Waals surface area contributed by atoms with E-state index in [1.807, 2.05) is 13.8 Å². The highest BCUT2D eigenvalue weighted by molar-refractivity contribution is 5.24. The molecule has 3 aromatic rings. The zero-order valence-corrected chi connectivity index (χ0v) is 18.3. The van der Waals surface area contributed by atoms with Crippen LogP contribution in [0.2, 0.25) is 0 Å². The molecule has 7 heteroatoms. The third-order valence-electron chi connectivity index (χ3n) is 7.40. The number of aromatic nitrogens is 4. The summed E-state index contributed by atoms with van der Waals surface area (Å²) in [6, 6.07) is 10.8. The largest absolute Gasteiger partial charge is 0.361 e. The van der Waals surface area contributed by atoms with Crippen LogP contribution in [0.1, 0.15) is 58.9 Å². The van der Waals surface area contributed by atoms with Crippen molar-refractivity contribution in [2.75, 3.05) is 26.2 Å². The lowest BCUT2D eigenvalue weighted by molar-refractivity contribution is -0.0114. The van der Waals surface area contributed by atoms with Crippen LogP contribution in [0, 0.1) is 19.3 Å². The van der Waals surface area contributed by atoms with Crippen LogP contribution < -0.4 is 0 Å². The molecule has 1 atom stereocenters. The number of nitrogens with zero attached hydrogens (tertiary/aromatic N) is 5. The van der Waals surface area contributed by atoms with Gasteiger partial charge in [0.2, 0.25) is 0 Å². The molecule has 2 aromatic heterocycles. The maximum atomic E-state index is 5.38. The van der Waals surface area contributed by atoms with Gasteiger partial charge in [0, 0.05) is 62.1 Å². The van der Waals surface area contributed by atoms with E-state index >= 15 is 0 Å². The molecule has 3 fully saturated rings. The molecule has 7 nitrogen and oxygen atoms in total. The quantitative estimate of drug-likeness (QED) is 0.661. The van der Waals surface area contributed by atoms with Crippen molar-refractivity contribution in [2.24, 2.45) is 5.41 Å². The third kappa shape index (κ3) is 3.49. The fourth-order valence-corrected chi connectivity index (χ4v) is 5.61. The zero-order chi connectivity index (χ0) is 21.0. The molecule has 162 valence electrons. The molecule has 2 saturated heterocycles. The van der Waals surface area contributed by atoms with Crippen LogP contribution in [0.15, 0.2) is 34.9 Å². The van der Waals surface area contributed by atoms with Gasteiger partial charge in [0.25, 0.3) is 0 Å². The van der Waals surface area contributed by atoms with Crippen LogP contribution in [-0.2, 0) is 13.1 Å². The van der Waals surface area contributed by atoms with Gasteiger partial charge >= 0.3 is 0 Å². The van der Waals surface area contributed by atoms with E-state index in [2.05, 4.69) is 55.5 Å². The lowest BCUT2D eigenvalue weighted by atomic mass is 9.71. The monoisotopic (exact) mass is 418 g/mol. The molecule has 6 rings (SSSR count). The highest BCUT2D eigenvalue weighted by Crippen LogP contribution is 2.49. The molecule has 1 N–H and O–H groups in total. The molecule has 31 heavy (non-hydrogen) atoms. The maximum absolute atomic E-state index is 5.38. The Labute approximate surface area is 182 Å². The van der Waals surface area contributed by atoms with Crippen LogP contribution >= 0.6 is 0 Å². The number of hydrogen-bond acceptors (Lipinski definition) is 6. The van der Waals surface area contributed by atoms with Gasteiger partial charge in [-0.05, 0) is 32.3 Å². The number of hydrogen-bond donors (Lipinski definition) is 1. The van der Waals surface area contributed by atoms with E-state index in [1.54, 1.807) is 0 Å². The Morgan fingerprint density at radius 2 is 1.84 bits per heavy atom. The summed E-state index contributed by atoms with van der Waals surface area (Å²) in [7, 11) is 0. The van der Waals surface area contributed by atoms with Crippen molar-refractivity contribution < 1.29 is 4.52 Å². The summed E-state index contributed by atoms with van der Waals surface area (Å²) in [5.41, 5.74) is 3.85. The Morgan fingerprint density at radius 1 is 1.06 bits per heavy atom. The lowest BCUT2D eigenvalue weighted by Crippen LogP contribution is -2.59. The molecular formula is C24H30N6O. The maximum Gasteiger partial charge on any atom is 0.153 e. The normalized spacial score (nSPS) is 23.5. The second-order valence-electron chi connectivity index (χ2n) is 9.87. The molecule has 0 radical (unpaired) electrons. The first-order valence-electron chi connectivity index (χ1n) is 11.4. The van der Waals surface area contributed by atoms with Gasteiger partial charge in [0.15, 0.2) is 5.82 Å². The molecule has 0 amide bonds. The highest BCUT2D eigenvalue weighted by atomic mass is 16.5. The SMILES string of the molecule is Cc1noc(C)c1CN1CC2(CN(Cc3ccccc3)CC2c2nc(C3CC3)n[nH]2)C1. The number of aromatic amines is 1. The minimum Gasteiger partial charge on any atom is -0.361 e. The van der Waals surface area contributed by atoms with Crippen LogP contribution in [-0.4, -0.2) is 56.3 Å². The van der Waals surface area contributed by atoms with Crippen molar-refractivity contribution in [3.8, 4) is 0 Å². The van der Waals surface area contributed by atoms with E-state index in [0.717, 1.165) is 62.4 Å². The van der Waals surface area contributed by atoms with Crippen molar-refractivity contribution in [3.05, 3.63) is 64.6 Å². The molecule has 2 aliphatic heterocycles. The molecule has 1 aromatic carbocycles. The van der Waals surface area contributed by atoms with Crippen LogP contribution in [0.5, 0.6) is 0 Å². The fraction of sp³-hybridized carbons (Fsp3) is 0.542. The van der Waals surface area contributed by atoms with E-state index in [9.17, 15) is 0 Å². The second-order valence-corrected chi connectivity index (χ2v) is 9.87. The Bertz CT molecular complexity index is 1040. The average Bonchev–Trinajstić information content (AvgIpc) is 3.23. The van der Waals surface area contributed by atoms with E-state index in [1.165, 1.54) is 24.0 Å². The summed E-state index contributed by atoms with van der Waals surface area (Å²) in [5, 5.41) is 12.0.